The van der Waals surface area contributed by atoms with Gasteiger partial charge in [-0.1, -0.05) is 55.7 Å². The van der Waals surface area contributed by atoms with Gasteiger partial charge in [0.1, 0.15) is 12.4 Å². The van der Waals surface area contributed by atoms with Crippen LogP contribution in [0.2, 0.25) is 0 Å². The number of carbonyl (C=O) groups is 1. The van der Waals surface area contributed by atoms with E-state index in [-0.39, 0.29) is 11.9 Å². The number of hydrogen-bond acceptors (Lipinski definition) is 4. The van der Waals surface area contributed by atoms with Crippen LogP contribution in [0.25, 0.3) is 10.9 Å². The van der Waals surface area contributed by atoms with Gasteiger partial charge in [-0.05, 0) is 48.6 Å². The average molecular weight is 389 g/mol. The summed E-state index contributed by atoms with van der Waals surface area (Å²) in [5.74, 6) is 0.822. The molecule has 0 radical (unpaired) electrons. The lowest BCUT2D eigenvalue weighted by Crippen LogP contribution is -2.25. The fourth-order valence-corrected chi connectivity index (χ4v) is 4.31. The molecule has 1 aliphatic carbocycles. The number of para-hydroxylation sites is 1. The van der Waals surface area contributed by atoms with E-state index in [1.807, 2.05) is 48.5 Å². The number of hydrogen-bond donors (Lipinski definition) is 0. The van der Waals surface area contributed by atoms with E-state index in [9.17, 15) is 4.79 Å². The molecule has 29 heavy (non-hydrogen) atoms. The molecule has 4 heteroatoms. The Balaban J connectivity index is 1.45. The minimum atomic E-state index is -0.184. The van der Waals surface area contributed by atoms with Crippen molar-refractivity contribution in [2.24, 2.45) is 5.92 Å². The van der Waals surface area contributed by atoms with E-state index in [2.05, 4.69) is 17.1 Å². The Morgan fingerprint density at radius 1 is 1.00 bits per heavy atom. The number of pyridine rings is 1. The van der Waals surface area contributed by atoms with Crippen LogP contribution in [-0.2, 0) is 16.1 Å². The minimum Gasteiger partial charge on any atom is -0.487 e. The highest BCUT2D eigenvalue weighted by Crippen LogP contribution is 2.37. The van der Waals surface area contributed by atoms with Gasteiger partial charge in [-0.2, -0.15) is 0 Å². The van der Waals surface area contributed by atoms with Crippen LogP contribution in [-0.4, -0.2) is 18.1 Å². The second kappa shape index (κ2) is 9.08. The first kappa shape index (κ1) is 19.4. The predicted octanol–water partition coefficient (Wildman–Crippen LogP) is 5.65. The molecule has 1 heterocycles. The smallest absolute Gasteiger partial charge is 0.313 e. The van der Waals surface area contributed by atoms with E-state index in [1.54, 1.807) is 0 Å². The van der Waals surface area contributed by atoms with Gasteiger partial charge in [0.2, 0.25) is 0 Å². The van der Waals surface area contributed by atoms with Gasteiger partial charge in [0.05, 0.1) is 24.2 Å². The van der Waals surface area contributed by atoms with Crippen molar-refractivity contribution in [2.75, 3.05) is 7.11 Å². The third-order valence-electron chi connectivity index (χ3n) is 5.86. The lowest BCUT2D eigenvalue weighted by atomic mass is 9.77. The molecular formula is C25H27NO3. The first-order valence-corrected chi connectivity index (χ1v) is 10.4. The Morgan fingerprint density at radius 3 is 2.52 bits per heavy atom. The van der Waals surface area contributed by atoms with Gasteiger partial charge < -0.3 is 9.47 Å². The Labute approximate surface area is 171 Å². The van der Waals surface area contributed by atoms with Gasteiger partial charge in [0.15, 0.2) is 0 Å². The molecule has 1 aromatic heterocycles. The number of ether oxygens (including phenoxy) is 2. The van der Waals surface area contributed by atoms with E-state index >= 15 is 0 Å². The van der Waals surface area contributed by atoms with Crippen molar-refractivity contribution in [1.29, 1.82) is 0 Å². The van der Waals surface area contributed by atoms with E-state index in [0.717, 1.165) is 40.8 Å². The third kappa shape index (κ3) is 4.58. The largest absolute Gasteiger partial charge is 0.487 e. The Hall–Kier alpha value is -2.88. The normalized spacial score (nSPS) is 15.8. The molecule has 2 aromatic carbocycles. The van der Waals surface area contributed by atoms with Crippen LogP contribution in [0.3, 0.4) is 0 Å². The van der Waals surface area contributed by atoms with E-state index in [4.69, 9.17) is 9.47 Å². The highest BCUT2D eigenvalue weighted by atomic mass is 16.5. The molecule has 150 valence electrons. The molecule has 1 saturated carbocycles. The van der Waals surface area contributed by atoms with Crippen molar-refractivity contribution in [2.45, 2.75) is 44.6 Å². The molecule has 1 atom stereocenters. The van der Waals surface area contributed by atoms with Crippen LogP contribution in [0.5, 0.6) is 5.75 Å². The quantitative estimate of drug-likeness (QED) is 0.511. The first-order valence-electron chi connectivity index (χ1n) is 10.4. The Bertz CT molecular complexity index is 961. The molecule has 0 saturated heterocycles. The fourth-order valence-electron chi connectivity index (χ4n) is 4.31. The fraction of sp³-hybridized carbons (Fsp3) is 0.360. The zero-order valence-corrected chi connectivity index (χ0v) is 16.8. The van der Waals surface area contributed by atoms with Crippen LogP contribution in [0.1, 0.15) is 49.3 Å². The van der Waals surface area contributed by atoms with Crippen molar-refractivity contribution in [3.63, 3.8) is 0 Å². The zero-order chi connectivity index (χ0) is 20.1. The third-order valence-corrected chi connectivity index (χ3v) is 5.86. The number of methoxy groups -OCH3 is 1. The number of aromatic nitrogens is 1. The summed E-state index contributed by atoms with van der Waals surface area (Å²) in [5, 5.41) is 1.12. The van der Waals surface area contributed by atoms with Crippen molar-refractivity contribution in [3.8, 4) is 5.75 Å². The molecule has 0 bridgehead atoms. The maximum Gasteiger partial charge on any atom is 0.313 e. The number of nitrogens with zero attached hydrogens (tertiary/aromatic N) is 1. The summed E-state index contributed by atoms with van der Waals surface area (Å²) in [6.07, 6.45) is 5.83. The number of rotatable bonds is 6. The summed E-state index contributed by atoms with van der Waals surface area (Å²) in [7, 11) is 1.48. The highest BCUT2D eigenvalue weighted by molar-refractivity contribution is 5.79. The average Bonchev–Trinajstić information content (AvgIpc) is 2.79. The maximum absolute atomic E-state index is 12.5. The topological polar surface area (TPSA) is 48.4 Å². The van der Waals surface area contributed by atoms with E-state index < -0.39 is 0 Å². The summed E-state index contributed by atoms with van der Waals surface area (Å²) in [5.41, 5.74) is 2.87. The van der Waals surface area contributed by atoms with Gasteiger partial charge in [-0.15, -0.1) is 0 Å². The van der Waals surface area contributed by atoms with Crippen LogP contribution < -0.4 is 4.74 Å². The van der Waals surface area contributed by atoms with Crippen molar-refractivity contribution >= 4 is 16.9 Å². The Kier molecular flexibility index (Phi) is 6.09. The SMILES string of the molecule is COC(=O)C(c1ccc(OCc2ccc3ccccc3n2)cc1)C1CCCCC1. The van der Waals surface area contributed by atoms with Crippen LogP contribution >= 0.6 is 0 Å². The van der Waals surface area contributed by atoms with Gasteiger partial charge in [0, 0.05) is 5.39 Å². The van der Waals surface area contributed by atoms with Gasteiger partial charge in [0.25, 0.3) is 0 Å². The molecule has 0 spiro atoms. The number of carbonyl (C=O) groups excluding carboxylic acids is 1. The molecular weight excluding hydrogens is 362 g/mol. The Morgan fingerprint density at radius 2 is 1.76 bits per heavy atom. The molecule has 1 aliphatic rings. The molecule has 1 unspecified atom stereocenters. The van der Waals surface area contributed by atoms with E-state index in [0.29, 0.717) is 12.5 Å². The highest BCUT2D eigenvalue weighted by Gasteiger charge is 2.31. The van der Waals surface area contributed by atoms with E-state index in [1.165, 1.54) is 26.4 Å². The summed E-state index contributed by atoms with van der Waals surface area (Å²) in [6.45, 7) is 0.410. The van der Waals surface area contributed by atoms with Crippen LogP contribution in [0.15, 0.2) is 60.7 Å². The first-order chi connectivity index (χ1) is 14.2. The summed E-state index contributed by atoms with van der Waals surface area (Å²) < 4.78 is 11.0. The van der Waals surface area contributed by atoms with Gasteiger partial charge >= 0.3 is 5.97 Å². The monoisotopic (exact) mass is 389 g/mol. The standard InChI is InChI=1S/C25H27NO3/c1-28-25(27)24(19-8-3-2-4-9-19)20-12-15-22(16-13-20)29-17-21-14-11-18-7-5-6-10-23(18)26-21/h5-7,10-16,19,24H,2-4,8-9,17H2,1H3. The summed E-state index contributed by atoms with van der Waals surface area (Å²) in [4.78, 5) is 17.1. The molecule has 4 nitrogen and oxygen atoms in total. The molecule has 0 aliphatic heterocycles. The molecule has 3 aromatic rings. The zero-order valence-electron chi connectivity index (χ0n) is 16.8. The molecule has 1 fully saturated rings. The van der Waals surface area contributed by atoms with Crippen molar-refractivity contribution in [1.82, 2.24) is 4.98 Å². The van der Waals surface area contributed by atoms with Crippen LogP contribution in [0, 0.1) is 5.92 Å². The van der Waals surface area contributed by atoms with Crippen molar-refractivity contribution in [3.05, 3.63) is 71.9 Å². The maximum atomic E-state index is 12.5. The summed E-state index contributed by atoms with van der Waals surface area (Å²) in [6, 6.07) is 20.0. The number of benzene rings is 2. The number of esters is 1. The second-order valence-electron chi connectivity index (χ2n) is 7.75. The number of fused-ring (bicyclic) bond motifs is 1. The predicted molar refractivity (Wildman–Crippen MR) is 114 cm³/mol. The van der Waals surface area contributed by atoms with Gasteiger partial charge in [-0.3, -0.25) is 4.79 Å². The summed E-state index contributed by atoms with van der Waals surface area (Å²) >= 11 is 0. The van der Waals surface area contributed by atoms with Gasteiger partial charge in [-0.25, -0.2) is 4.98 Å². The minimum absolute atomic E-state index is 0.133. The van der Waals surface area contributed by atoms with Crippen molar-refractivity contribution < 1.29 is 14.3 Å². The second-order valence-corrected chi connectivity index (χ2v) is 7.75. The molecule has 4 rings (SSSR count). The molecule has 0 N–H and O–H groups in total. The molecule has 0 amide bonds. The lowest BCUT2D eigenvalue weighted by molar-refractivity contribution is -0.144. The lowest BCUT2D eigenvalue weighted by Gasteiger charge is -2.28. The van der Waals surface area contributed by atoms with Crippen LogP contribution in [0.4, 0.5) is 0 Å².